The van der Waals surface area contributed by atoms with Gasteiger partial charge in [0.1, 0.15) is 0 Å². The average Bonchev–Trinajstić information content (AvgIpc) is 2.88. The second-order valence-corrected chi connectivity index (χ2v) is 6.76. The fraction of sp³-hybridized carbons (Fsp3) is 0.467. The second-order valence-electron chi connectivity index (χ2n) is 5.74. The van der Waals surface area contributed by atoms with Crippen LogP contribution < -0.4 is 11.5 Å². The first kappa shape index (κ1) is 15.9. The predicted molar refractivity (Wildman–Crippen MR) is 84.0 cm³/mol. The molecule has 4 N–H and O–H groups in total. The van der Waals surface area contributed by atoms with E-state index in [0.29, 0.717) is 18.7 Å². The minimum Gasteiger partial charge on any atom is -0.369 e. The number of nitrogens with two attached hydrogens (primary N) is 2. The van der Waals surface area contributed by atoms with Gasteiger partial charge >= 0.3 is 0 Å². The molecule has 2 amide bonds. The van der Waals surface area contributed by atoms with Gasteiger partial charge in [-0.1, -0.05) is 19.1 Å². The molecule has 0 spiro atoms. The van der Waals surface area contributed by atoms with E-state index in [1.54, 1.807) is 6.07 Å². The van der Waals surface area contributed by atoms with Crippen LogP contribution >= 0.6 is 11.8 Å². The molecule has 0 aromatic heterocycles. The van der Waals surface area contributed by atoms with Crippen LogP contribution in [0.15, 0.2) is 29.2 Å². The van der Waals surface area contributed by atoms with Crippen molar-refractivity contribution in [2.24, 2.45) is 16.9 Å². The summed E-state index contributed by atoms with van der Waals surface area (Å²) in [6.45, 7) is 4.08. The van der Waals surface area contributed by atoms with E-state index in [4.69, 9.17) is 11.5 Å². The fourth-order valence-corrected chi connectivity index (χ4v) is 3.24. The van der Waals surface area contributed by atoms with Crippen molar-refractivity contribution in [3.05, 3.63) is 29.8 Å². The maximum atomic E-state index is 12.7. The quantitative estimate of drug-likeness (QED) is 0.796. The van der Waals surface area contributed by atoms with Gasteiger partial charge in [-0.05, 0) is 30.5 Å². The molecule has 2 rings (SSSR count). The normalized spacial score (nSPS) is 21.5. The Balaban J connectivity index is 2.14. The zero-order chi connectivity index (χ0) is 15.5. The van der Waals surface area contributed by atoms with Gasteiger partial charge in [-0.2, -0.15) is 0 Å². The van der Waals surface area contributed by atoms with Gasteiger partial charge in [0.15, 0.2) is 0 Å². The number of benzene rings is 1. The zero-order valence-corrected chi connectivity index (χ0v) is 13.0. The number of carbonyl (C=O) groups excluding carboxylic acids is 2. The van der Waals surface area contributed by atoms with E-state index in [-0.39, 0.29) is 23.0 Å². The number of primary amides is 1. The first-order valence-corrected chi connectivity index (χ1v) is 7.93. The van der Waals surface area contributed by atoms with Crippen LogP contribution in [0, 0.1) is 5.41 Å². The van der Waals surface area contributed by atoms with E-state index < -0.39 is 0 Å². The van der Waals surface area contributed by atoms with Gasteiger partial charge in [0.2, 0.25) is 5.91 Å². The molecular weight excluding hydrogens is 286 g/mol. The molecule has 1 heterocycles. The Hall–Kier alpha value is -1.53. The lowest BCUT2D eigenvalue weighted by Crippen LogP contribution is -2.34. The molecule has 1 atom stereocenters. The second kappa shape index (κ2) is 6.49. The van der Waals surface area contributed by atoms with Crippen molar-refractivity contribution in [3.8, 4) is 0 Å². The van der Waals surface area contributed by atoms with Gasteiger partial charge in [0.25, 0.3) is 5.91 Å². The van der Waals surface area contributed by atoms with Crippen LogP contribution in [0.25, 0.3) is 0 Å². The summed E-state index contributed by atoms with van der Waals surface area (Å²) in [5.74, 6) is -0.218. The molecule has 0 aliphatic carbocycles. The SMILES string of the molecule is CC1(CN)CCN(C(=O)c2ccccc2SCC(N)=O)C1. The number of carbonyl (C=O) groups is 2. The number of rotatable bonds is 5. The Labute approximate surface area is 129 Å². The van der Waals surface area contributed by atoms with Crippen molar-refractivity contribution in [3.63, 3.8) is 0 Å². The lowest BCUT2D eigenvalue weighted by molar-refractivity contribution is -0.115. The molecule has 1 unspecified atom stereocenters. The summed E-state index contributed by atoms with van der Waals surface area (Å²) in [7, 11) is 0. The van der Waals surface area contributed by atoms with E-state index in [2.05, 4.69) is 6.92 Å². The van der Waals surface area contributed by atoms with Gasteiger partial charge in [0.05, 0.1) is 11.3 Å². The van der Waals surface area contributed by atoms with E-state index in [1.165, 1.54) is 11.8 Å². The van der Waals surface area contributed by atoms with E-state index in [9.17, 15) is 9.59 Å². The highest BCUT2D eigenvalue weighted by Crippen LogP contribution is 2.31. The Morgan fingerprint density at radius 1 is 1.38 bits per heavy atom. The highest BCUT2D eigenvalue weighted by atomic mass is 32.2. The molecule has 0 bridgehead atoms. The number of hydrogen-bond donors (Lipinski definition) is 2. The summed E-state index contributed by atoms with van der Waals surface area (Å²) in [6.07, 6.45) is 0.922. The number of amides is 2. The summed E-state index contributed by atoms with van der Waals surface area (Å²) >= 11 is 1.30. The largest absolute Gasteiger partial charge is 0.369 e. The van der Waals surface area contributed by atoms with Gasteiger partial charge in [-0.3, -0.25) is 9.59 Å². The molecule has 0 radical (unpaired) electrons. The number of likely N-dealkylation sites (tertiary alicyclic amines) is 1. The van der Waals surface area contributed by atoms with Crippen LogP contribution in [-0.4, -0.2) is 42.1 Å². The first-order valence-electron chi connectivity index (χ1n) is 6.95. The standard InChI is InChI=1S/C15H21N3O2S/c1-15(9-16)6-7-18(10-15)14(20)11-4-2-3-5-12(11)21-8-13(17)19/h2-5H,6-10,16H2,1H3,(H2,17,19). The molecule has 1 aromatic rings. The van der Waals surface area contributed by atoms with Gasteiger partial charge in [-0.25, -0.2) is 0 Å². The zero-order valence-electron chi connectivity index (χ0n) is 12.2. The lowest BCUT2D eigenvalue weighted by Gasteiger charge is -2.23. The van der Waals surface area contributed by atoms with Crippen LogP contribution in [-0.2, 0) is 4.79 Å². The highest BCUT2D eigenvalue weighted by Gasteiger charge is 2.35. The Kier molecular flexibility index (Phi) is 4.90. The number of hydrogen-bond acceptors (Lipinski definition) is 4. The summed E-state index contributed by atoms with van der Waals surface area (Å²) in [5, 5.41) is 0. The van der Waals surface area contributed by atoms with Crippen molar-refractivity contribution in [1.29, 1.82) is 0 Å². The lowest BCUT2D eigenvalue weighted by atomic mass is 9.90. The molecule has 1 aliphatic heterocycles. The molecule has 1 aliphatic rings. The molecule has 5 nitrogen and oxygen atoms in total. The van der Waals surface area contributed by atoms with E-state index >= 15 is 0 Å². The van der Waals surface area contributed by atoms with Gasteiger partial charge in [0, 0.05) is 18.0 Å². The Bertz CT molecular complexity index is 549. The third-order valence-electron chi connectivity index (χ3n) is 3.83. The number of thioether (sulfide) groups is 1. The van der Waals surface area contributed by atoms with Crippen molar-refractivity contribution in [2.75, 3.05) is 25.4 Å². The molecule has 0 saturated carbocycles. The summed E-state index contributed by atoms with van der Waals surface area (Å²) < 4.78 is 0. The highest BCUT2D eigenvalue weighted by molar-refractivity contribution is 8.00. The van der Waals surface area contributed by atoms with Crippen molar-refractivity contribution >= 4 is 23.6 Å². The molecule has 114 valence electrons. The first-order chi connectivity index (χ1) is 9.95. The Morgan fingerprint density at radius 2 is 2.10 bits per heavy atom. The molecule has 6 heteroatoms. The molecule has 21 heavy (non-hydrogen) atoms. The monoisotopic (exact) mass is 307 g/mol. The van der Waals surface area contributed by atoms with Crippen molar-refractivity contribution in [1.82, 2.24) is 4.90 Å². The Morgan fingerprint density at radius 3 is 2.71 bits per heavy atom. The number of nitrogens with zero attached hydrogens (tertiary/aromatic N) is 1. The van der Waals surface area contributed by atoms with Crippen molar-refractivity contribution < 1.29 is 9.59 Å². The van der Waals surface area contributed by atoms with Crippen LogP contribution in [0.3, 0.4) is 0 Å². The van der Waals surface area contributed by atoms with Crippen LogP contribution in [0.2, 0.25) is 0 Å². The summed E-state index contributed by atoms with van der Waals surface area (Å²) in [6, 6.07) is 7.33. The minimum absolute atomic E-state index is 0.000236. The van der Waals surface area contributed by atoms with Gasteiger partial charge in [-0.15, -0.1) is 11.8 Å². The summed E-state index contributed by atoms with van der Waals surface area (Å²) in [5.41, 5.74) is 11.6. The topological polar surface area (TPSA) is 89.4 Å². The predicted octanol–water partition coefficient (Wildman–Crippen LogP) is 1.07. The van der Waals surface area contributed by atoms with Crippen LogP contribution in [0.4, 0.5) is 0 Å². The maximum Gasteiger partial charge on any atom is 0.255 e. The average molecular weight is 307 g/mol. The third kappa shape index (κ3) is 3.77. The van der Waals surface area contributed by atoms with E-state index in [0.717, 1.165) is 17.9 Å². The molecule has 1 saturated heterocycles. The maximum absolute atomic E-state index is 12.7. The fourth-order valence-electron chi connectivity index (χ4n) is 2.45. The smallest absolute Gasteiger partial charge is 0.255 e. The summed E-state index contributed by atoms with van der Waals surface area (Å²) in [4.78, 5) is 26.2. The van der Waals surface area contributed by atoms with Crippen LogP contribution in [0.1, 0.15) is 23.7 Å². The minimum atomic E-state index is -0.390. The molecule has 1 fully saturated rings. The van der Waals surface area contributed by atoms with Gasteiger partial charge < -0.3 is 16.4 Å². The third-order valence-corrected chi connectivity index (χ3v) is 4.92. The molecule has 1 aromatic carbocycles. The van der Waals surface area contributed by atoms with Crippen molar-refractivity contribution in [2.45, 2.75) is 18.2 Å². The van der Waals surface area contributed by atoms with Crippen LogP contribution in [0.5, 0.6) is 0 Å². The molecular formula is C15H21N3O2S. The van der Waals surface area contributed by atoms with E-state index in [1.807, 2.05) is 23.1 Å².